The lowest BCUT2D eigenvalue weighted by Crippen LogP contribution is -2.42. The zero-order valence-electron chi connectivity index (χ0n) is 17.0. The molecule has 3 rings (SSSR count). The topological polar surface area (TPSA) is 69.1 Å². The number of nitrogens with zero attached hydrogens (tertiary/aromatic N) is 2. The number of guanidine groups is 1. The van der Waals surface area contributed by atoms with E-state index in [-0.39, 0.29) is 12.3 Å². The smallest absolute Gasteiger partial charge is 0.387 e. The van der Waals surface area contributed by atoms with Gasteiger partial charge in [-0.1, -0.05) is 12.1 Å². The lowest BCUT2D eigenvalue weighted by molar-refractivity contribution is -0.0498. The summed E-state index contributed by atoms with van der Waals surface area (Å²) in [5.41, 5.74) is 2.02. The summed E-state index contributed by atoms with van der Waals surface area (Å²) in [7, 11) is 0. The Morgan fingerprint density at radius 2 is 2.07 bits per heavy atom. The standard InChI is InChI=1S/C21H28F2N4O2S/c1-2-24-21(25-9-11-27-10-7-19-16(14-27)8-12-30-19)26-13-18(28)15-3-5-17(6-4-15)29-20(22)23/h3-6,8,12,18,20,28H,2,7,9-11,13-14H2,1H3,(H2,24,25,26). The molecule has 2 aromatic rings. The maximum absolute atomic E-state index is 12.2. The molecular weight excluding hydrogens is 410 g/mol. The van der Waals surface area contributed by atoms with E-state index in [0.29, 0.717) is 18.1 Å². The van der Waals surface area contributed by atoms with Crippen LogP contribution in [0.15, 0.2) is 40.7 Å². The molecule has 6 nitrogen and oxygen atoms in total. The first kappa shape index (κ1) is 22.5. The van der Waals surface area contributed by atoms with Gasteiger partial charge in [0.05, 0.1) is 12.6 Å². The van der Waals surface area contributed by atoms with Crippen molar-refractivity contribution < 1.29 is 18.6 Å². The molecule has 0 fully saturated rings. The Morgan fingerprint density at radius 1 is 1.27 bits per heavy atom. The first-order valence-electron chi connectivity index (χ1n) is 10.1. The predicted molar refractivity (Wildman–Crippen MR) is 115 cm³/mol. The van der Waals surface area contributed by atoms with Crippen molar-refractivity contribution in [2.24, 2.45) is 4.99 Å². The lowest BCUT2D eigenvalue weighted by Gasteiger charge is -2.27. The number of hydrogen-bond acceptors (Lipinski definition) is 5. The Balaban J connectivity index is 1.46. The molecule has 0 saturated heterocycles. The van der Waals surface area contributed by atoms with E-state index in [4.69, 9.17) is 0 Å². The fourth-order valence-corrected chi connectivity index (χ4v) is 4.22. The molecule has 0 saturated carbocycles. The van der Waals surface area contributed by atoms with Gasteiger partial charge in [-0.05, 0) is 48.1 Å². The molecule has 1 unspecified atom stereocenters. The van der Waals surface area contributed by atoms with Gasteiger partial charge in [-0.15, -0.1) is 11.3 Å². The molecule has 1 aliphatic rings. The van der Waals surface area contributed by atoms with Crippen molar-refractivity contribution in [3.63, 3.8) is 0 Å². The number of nitrogens with one attached hydrogen (secondary N) is 2. The van der Waals surface area contributed by atoms with Gasteiger partial charge in [-0.2, -0.15) is 8.78 Å². The number of alkyl halides is 2. The molecule has 0 aliphatic carbocycles. The lowest BCUT2D eigenvalue weighted by atomic mass is 10.1. The van der Waals surface area contributed by atoms with E-state index < -0.39 is 12.7 Å². The quantitative estimate of drug-likeness (QED) is 0.415. The van der Waals surface area contributed by atoms with E-state index >= 15 is 0 Å². The van der Waals surface area contributed by atoms with Crippen LogP contribution >= 0.6 is 11.3 Å². The zero-order valence-corrected chi connectivity index (χ0v) is 17.8. The summed E-state index contributed by atoms with van der Waals surface area (Å²) >= 11 is 1.84. The zero-order chi connectivity index (χ0) is 21.3. The van der Waals surface area contributed by atoms with Crippen LogP contribution in [0.1, 0.15) is 29.0 Å². The Kier molecular flexibility index (Phi) is 8.41. The third-order valence-electron chi connectivity index (χ3n) is 4.86. The van der Waals surface area contributed by atoms with Gasteiger partial charge in [0.2, 0.25) is 0 Å². The molecule has 0 spiro atoms. The minimum Gasteiger partial charge on any atom is -0.435 e. The van der Waals surface area contributed by atoms with Crippen LogP contribution in [0, 0.1) is 0 Å². The van der Waals surface area contributed by atoms with Crippen LogP contribution in [0.25, 0.3) is 0 Å². The molecule has 164 valence electrons. The summed E-state index contributed by atoms with van der Waals surface area (Å²) in [6.07, 6.45) is 0.272. The Hall–Kier alpha value is -2.23. The van der Waals surface area contributed by atoms with Gasteiger partial charge in [0.1, 0.15) is 5.75 Å². The summed E-state index contributed by atoms with van der Waals surface area (Å²) in [6.45, 7) is 3.70. The summed E-state index contributed by atoms with van der Waals surface area (Å²) in [6, 6.07) is 8.16. The van der Waals surface area contributed by atoms with Gasteiger partial charge >= 0.3 is 6.61 Å². The van der Waals surface area contributed by atoms with Crippen LogP contribution in [0.4, 0.5) is 8.78 Å². The molecule has 1 atom stereocenters. The van der Waals surface area contributed by atoms with E-state index in [1.807, 2.05) is 18.3 Å². The number of rotatable bonds is 9. The fourth-order valence-electron chi connectivity index (χ4n) is 3.33. The molecular formula is C21H28F2N4O2S. The fraction of sp³-hybridized carbons (Fsp3) is 0.476. The highest BCUT2D eigenvalue weighted by Gasteiger charge is 2.16. The first-order chi connectivity index (χ1) is 14.5. The second kappa shape index (κ2) is 11.2. The molecule has 0 bridgehead atoms. The van der Waals surface area contributed by atoms with Crippen molar-refractivity contribution in [1.82, 2.24) is 15.5 Å². The van der Waals surface area contributed by atoms with Crippen molar-refractivity contribution in [2.45, 2.75) is 32.6 Å². The largest absolute Gasteiger partial charge is 0.435 e. The molecule has 3 N–H and O–H groups in total. The summed E-state index contributed by atoms with van der Waals surface area (Å²) in [5, 5.41) is 19.0. The average Bonchev–Trinajstić information content (AvgIpc) is 3.20. The number of aliphatic imine (C=N–C) groups is 1. The minimum atomic E-state index is -2.86. The summed E-state index contributed by atoms with van der Waals surface area (Å²) < 4.78 is 28.8. The van der Waals surface area contributed by atoms with E-state index in [9.17, 15) is 13.9 Å². The van der Waals surface area contributed by atoms with Crippen molar-refractivity contribution in [3.05, 3.63) is 51.7 Å². The number of halogens is 2. The monoisotopic (exact) mass is 438 g/mol. The van der Waals surface area contributed by atoms with Crippen molar-refractivity contribution in [3.8, 4) is 5.75 Å². The number of thiophene rings is 1. The van der Waals surface area contributed by atoms with Crippen LogP contribution in [-0.4, -0.2) is 55.3 Å². The molecule has 1 aromatic carbocycles. The highest BCUT2D eigenvalue weighted by molar-refractivity contribution is 7.10. The van der Waals surface area contributed by atoms with Gasteiger partial charge in [0, 0.05) is 37.6 Å². The number of ether oxygens (including phenoxy) is 1. The van der Waals surface area contributed by atoms with Crippen LogP contribution in [0.2, 0.25) is 0 Å². The maximum Gasteiger partial charge on any atom is 0.387 e. The van der Waals surface area contributed by atoms with Crippen LogP contribution in [0.5, 0.6) is 5.75 Å². The third kappa shape index (κ3) is 6.65. The molecule has 0 amide bonds. The van der Waals surface area contributed by atoms with Crippen molar-refractivity contribution >= 4 is 17.3 Å². The summed E-state index contributed by atoms with van der Waals surface area (Å²) in [4.78, 5) is 8.36. The van der Waals surface area contributed by atoms with Crippen LogP contribution in [-0.2, 0) is 13.0 Å². The van der Waals surface area contributed by atoms with E-state index in [1.165, 1.54) is 22.6 Å². The Labute approximate surface area is 179 Å². The SMILES string of the molecule is CCNC(=NCC(O)c1ccc(OC(F)F)cc1)NCCN1CCc2sccc2C1. The number of hydrogen-bond donors (Lipinski definition) is 3. The van der Waals surface area contributed by atoms with E-state index in [1.54, 1.807) is 12.1 Å². The first-order valence-corrected chi connectivity index (χ1v) is 11.0. The third-order valence-corrected chi connectivity index (χ3v) is 5.89. The van der Waals surface area contributed by atoms with Gasteiger partial charge in [0.15, 0.2) is 5.96 Å². The average molecular weight is 439 g/mol. The van der Waals surface area contributed by atoms with Crippen molar-refractivity contribution in [1.29, 1.82) is 0 Å². The van der Waals surface area contributed by atoms with Gasteiger partial charge in [-0.25, -0.2) is 0 Å². The highest BCUT2D eigenvalue weighted by Crippen LogP contribution is 2.23. The number of fused-ring (bicyclic) bond motifs is 1. The van der Waals surface area contributed by atoms with E-state index in [0.717, 1.165) is 32.6 Å². The maximum atomic E-state index is 12.2. The highest BCUT2D eigenvalue weighted by atomic mass is 32.1. The molecule has 0 radical (unpaired) electrons. The molecule has 9 heteroatoms. The Bertz CT molecular complexity index is 814. The van der Waals surface area contributed by atoms with Gasteiger partial charge in [0.25, 0.3) is 0 Å². The van der Waals surface area contributed by atoms with Crippen molar-refractivity contribution in [2.75, 3.05) is 32.7 Å². The number of benzene rings is 1. The number of aliphatic hydroxyl groups is 1. The summed E-state index contributed by atoms with van der Waals surface area (Å²) in [5.74, 6) is 0.703. The van der Waals surface area contributed by atoms with Gasteiger partial charge < -0.3 is 20.5 Å². The van der Waals surface area contributed by atoms with Crippen LogP contribution < -0.4 is 15.4 Å². The second-order valence-electron chi connectivity index (χ2n) is 7.00. The predicted octanol–water partition coefficient (Wildman–Crippen LogP) is 3.00. The second-order valence-corrected chi connectivity index (χ2v) is 8.01. The molecule has 2 heterocycles. The van der Waals surface area contributed by atoms with E-state index in [2.05, 4.69) is 36.7 Å². The molecule has 1 aliphatic heterocycles. The van der Waals surface area contributed by atoms with Crippen LogP contribution in [0.3, 0.4) is 0 Å². The number of aliphatic hydroxyl groups excluding tert-OH is 1. The Morgan fingerprint density at radius 3 is 2.80 bits per heavy atom. The minimum absolute atomic E-state index is 0.0618. The van der Waals surface area contributed by atoms with Gasteiger partial charge in [-0.3, -0.25) is 9.89 Å². The molecule has 30 heavy (non-hydrogen) atoms. The normalized spacial score (nSPS) is 15.7. The molecule has 1 aromatic heterocycles.